The molecule has 6 heteroatoms. The summed E-state index contributed by atoms with van der Waals surface area (Å²) in [4.78, 5) is 24.0. The quantitative estimate of drug-likeness (QED) is 0.108. The Labute approximate surface area is 194 Å². The van der Waals surface area contributed by atoms with Crippen LogP contribution in [0.4, 0.5) is 4.79 Å². The largest absolute Gasteiger partial charge is 0.507 e. The first-order valence-corrected chi connectivity index (χ1v) is 12.6. The molecular weight excluding hydrogens is 404 g/mol. The standard InChI is InChI=1S/C26H44N2O4/c1-2-3-4-5-6-7-8-9-10-11-12-13-14-15-16-19-22-32-26(31)28(27)25(30)23-20-17-18-21-24(23)29/h17-18,20-21,29H,2-16,19,22,27H2,1H3. The van der Waals surface area contributed by atoms with E-state index in [0.29, 0.717) is 5.01 Å². The maximum atomic E-state index is 12.1. The van der Waals surface area contributed by atoms with Crippen LogP contribution < -0.4 is 5.84 Å². The van der Waals surface area contributed by atoms with Gasteiger partial charge in [0.25, 0.3) is 5.91 Å². The molecule has 0 fully saturated rings. The van der Waals surface area contributed by atoms with Crippen LogP contribution in [0.15, 0.2) is 24.3 Å². The summed E-state index contributed by atoms with van der Waals surface area (Å²) in [5.74, 6) is 4.52. The van der Waals surface area contributed by atoms with Crippen LogP contribution in [-0.4, -0.2) is 28.7 Å². The first-order chi connectivity index (χ1) is 15.6. The molecule has 0 aliphatic carbocycles. The zero-order valence-electron chi connectivity index (χ0n) is 20.0. The number of hydrogen-bond acceptors (Lipinski definition) is 5. The van der Waals surface area contributed by atoms with Crippen LogP contribution in [0.1, 0.15) is 120 Å². The molecule has 6 nitrogen and oxygen atoms in total. The maximum Gasteiger partial charge on any atom is 0.431 e. The molecule has 182 valence electrons. The van der Waals surface area contributed by atoms with Crippen LogP contribution >= 0.6 is 0 Å². The van der Waals surface area contributed by atoms with E-state index in [-0.39, 0.29) is 17.9 Å². The Balaban J connectivity index is 1.92. The molecule has 0 bridgehead atoms. The number of para-hydroxylation sites is 1. The average Bonchev–Trinajstić information content (AvgIpc) is 2.80. The number of carbonyl (C=O) groups excluding carboxylic acids is 2. The normalized spacial score (nSPS) is 10.8. The molecule has 0 radical (unpaired) electrons. The number of carbonyl (C=O) groups is 2. The lowest BCUT2D eigenvalue weighted by Crippen LogP contribution is -2.43. The van der Waals surface area contributed by atoms with E-state index in [9.17, 15) is 14.7 Å². The van der Waals surface area contributed by atoms with Crippen molar-refractivity contribution >= 4 is 12.0 Å². The number of phenolic OH excluding ortho intramolecular Hbond substituents is 1. The molecule has 32 heavy (non-hydrogen) atoms. The number of ether oxygens (including phenoxy) is 1. The second-order valence-electron chi connectivity index (χ2n) is 8.61. The van der Waals surface area contributed by atoms with E-state index < -0.39 is 12.0 Å². The highest BCUT2D eigenvalue weighted by molar-refractivity contribution is 6.03. The molecule has 2 amide bonds. The lowest BCUT2D eigenvalue weighted by atomic mass is 10.0. The molecule has 0 saturated heterocycles. The van der Waals surface area contributed by atoms with Gasteiger partial charge in [-0.05, 0) is 18.6 Å². The van der Waals surface area contributed by atoms with Crippen molar-refractivity contribution in [1.29, 1.82) is 0 Å². The number of rotatable bonds is 18. The number of nitrogens with zero attached hydrogens (tertiary/aromatic N) is 1. The van der Waals surface area contributed by atoms with E-state index in [1.807, 2.05) is 0 Å². The van der Waals surface area contributed by atoms with Gasteiger partial charge in [-0.1, -0.05) is 115 Å². The van der Waals surface area contributed by atoms with Gasteiger partial charge in [0.05, 0.1) is 12.2 Å². The molecule has 1 aromatic rings. The minimum atomic E-state index is -0.904. The number of amides is 2. The smallest absolute Gasteiger partial charge is 0.431 e. The van der Waals surface area contributed by atoms with Gasteiger partial charge in [-0.2, -0.15) is 5.01 Å². The second kappa shape index (κ2) is 18.5. The number of hydrazine groups is 1. The molecule has 0 aliphatic rings. The van der Waals surface area contributed by atoms with Gasteiger partial charge in [0.1, 0.15) is 5.75 Å². The zero-order valence-corrected chi connectivity index (χ0v) is 20.0. The third kappa shape index (κ3) is 12.7. The average molecular weight is 449 g/mol. The van der Waals surface area contributed by atoms with Crippen molar-refractivity contribution in [3.63, 3.8) is 0 Å². The molecule has 0 heterocycles. The summed E-state index contributed by atoms with van der Waals surface area (Å²) >= 11 is 0. The van der Waals surface area contributed by atoms with Crippen LogP contribution in [0.3, 0.4) is 0 Å². The Morgan fingerprint density at radius 3 is 1.69 bits per heavy atom. The van der Waals surface area contributed by atoms with Crippen LogP contribution in [0.2, 0.25) is 0 Å². The van der Waals surface area contributed by atoms with E-state index in [1.54, 1.807) is 12.1 Å². The number of aromatic hydroxyl groups is 1. The Morgan fingerprint density at radius 2 is 1.22 bits per heavy atom. The minimum absolute atomic E-state index is 0.0330. The van der Waals surface area contributed by atoms with Crippen molar-refractivity contribution in [2.24, 2.45) is 5.84 Å². The summed E-state index contributed by atoms with van der Waals surface area (Å²) in [5, 5.41) is 10.1. The first-order valence-electron chi connectivity index (χ1n) is 12.6. The maximum absolute atomic E-state index is 12.1. The molecular formula is C26H44N2O4. The van der Waals surface area contributed by atoms with Crippen LogP contribution in [0, 0.1) is 0 Å². The van der Waals surface area contributed by atoms with E-state index >= 15 is 0 Å². The summed E-state index contributed by atoms with van der Waals surface area (Å²) in [6, 6.07) is 5.94. The summed E-state index contributed by atoms with van der Waals surface area (Å²) < 4.78 is 5.06. The lowest BCUT2D eigenvalue weighted by Gasteiger charge is -2.15. The Hall–Kier alpha value is -2.08. The van der Waals surface area contributed by atoms with E-state index in [2.05, 4.69) is 6.92 Å². The topological polar surface area (TPSA) is 92.9 Å². The van der Waals surface area contributed by atoms with Crippen molar-refractivity contribution in [3.05, 3.63) is 29.8 Å². The number of hydrogen-bond donors (Lipinski definition) is 2. The zero-order chi connectivity index (χ0) is 23.4. The highest BCUT2D eigenvalue weighted by atomic mass is 16.6. The van der Waals surface area contributed by atoms with Crippen molar-refractivity contribution in [2.45, 2.75) is 110 Å². The van der Waals surface area contributed by atoms with Gasteiger partial charge in [-0.3, -0.25) is 4.79 Å². The number of imide groups is 1. The molecule has 0 unspecified atom stereocenters. The molecule has 3 N–H and O–H groups in total. The van der Waals surface area contributed by atoms with Crippen molar-refractivity contribution in [1.82, 2.24) is 5.01 Å². The van der Waals surface area contributed by atoms with Gasteiger partial charge < -0.3 is 9.84 Å². The van der Waals surface area contributed by atoms with Gasteiger partial charge in [-0.15, -0.1) is 0 Å². The van der Waals surface area contributed by atoms with Crippen LogP contribution in [0.5, 0.6) is 5.75 Å². The second-order valence-corrected chi connectivity index (χ2v) is 8.61. The molecule has 1 rings (SSSR count). The monoisotopic (exact) mass is 448 g/mol. The van der Waals surface area contributed by atoms with Crippen LogP contribution in [-0.2, 0) is 4.74 Å². The molecule has 0 spiro atoms. The fourth-order valence-corrected chi connectivity index (χ4v) is 3.75. The van der Waals surface area contributed by atoms with Gasteiger partial charge in [-0.25, -0.2) is 10.6 Å². The number of nitrogens with two attached hydrogens (primary N) is 1. The van der Waals surface area contributed by atoms with Crippen molar-refractivity contribution < 1.29 is 19.4 Å². The Morgan fingerprint density at radius 1 is 0.781 bits per heavy atom. The van der Waals surface area contributed by atoms with E-state index in [1.165, 1.54) is 95.6 Å². The molecule has 0 aliphatic heterocycles. The fraction of sp³-hybridized carbons (Fsp3) is 0.692. The highest BCUT2D eigenvalue weighted by Gasteiger charge is 2.23. The Bertz CT molecular complexity index is 636. The predicted molar refractivity (Wildman–Crippen MR) is 129 cm³/mol. The number of benzene rings is 1. The first kappa shape index (κ1) is 28.0. The van der Waals surface area contributed by atoms with E-state index in [0.717, 1.165) is 19.3 Å². The lowest BCUT2D eigenvalue weighted by molar-refractivity contribution is 0.0653. The number of phenols is 1. The fourth-order valence-electron chi connectivity index (χ4n) is 3.75. The highest BCUT2D eigenvalue weighted by Crippen LogP contribution is 2.17. The molecule has 1 aromatic carbocycles. The molecule has 0 atom stereocenters. The predicted octanol–water partition coefficient (Wildman–Crippen LogP) is 7.11. The molecule has 0 saturated carbocycles. The Kier molecular flexibility index (Phi) is 16.1. The third-order valence-corrected chi connectivity index (χ3v) is 5.77. The summed E-state index contributed by atoms with van der Waals surface area (Å²) in [5.41, 5.74) is -0.0330. The molecule has 0 aromatic heterocycles. The van der Waals surface area contributed by atoms with Gasteiger partial charge >= 0.3 is 6.09 Å². The number of unbranched alkanes of at least 4 members (excludes halogenated alkanes) is 15. The summed E-state index contributed by atoms with van der Waals surface area (Å²) in [6.45, 7) is 2.50. The van der Waals surface area contributed by atoms with E-state index in [4.69, 9.17) is 10.6 Å². The van der Waals surface area contributed by atoms with Gasteiger partial charge in [0.15, 0.2) is 0 Å². The van der Waals surface area contributed by atoms with Crippen LogP contribution in [0.25, 0.3) is 0 Å². The van der Waals surface area contributed by atoms with Crippen molar-refractivity contribution in [3.8, 4) is 5.75 Å². The van der Waals surface area contributed by atoms with Gasteiger partial charge in [0.2, 0.25) is 0 Å². The SMILES string of the molecule is CCCCCCCCCCCCCCCCCCOC(=O)N(N)C(=O)c1ccccc1O. The summed E-state index contributed by atoms with van der Waals surface area (Å²) in [6.07, 6.45) is 19.6. The van der Waals surface area contributed by atoms with Crippen molar-refractivity contribution in [2.75, 3.05) is 6.61 Å². The summed E-state index contributed by atoms with van der Waals surface area (Å²) in [7, 11) is 0. The minimum Gasteiger partial charge on any atom is -0.507 e. The third-order valence-electron chi connectivity index (χ3n) is 5.77. The van der Waals surface area contributed by atoms with Gasteiger partial charge in [0, 0.05) is 0 Å².